The van der Waals surface area contributed by atoms with Crippen molar-refractivity contribution in [2.45, 2.75) is 19.3 Å². The van der Waals surface area contributed by atoms with E-state index in [1.54, 1.807) is 24.3 Å². The van der Waals surface area contributed by atoms with E-state index in [0.29, 0.717) is 31.3 Å². The Morgan fingerprint density at radius 2 is 1.86 bits per heavy atom. The molecule has 2 aromatic carbocycles. The first-order chi connectivity index (χ1) is 13.6. The molecule has 2 heterocycles. The third kappa shape index (κ3) is 3.53. The number of amides is 2. The van der Waals surface area contributed by atoms with Gasteiger partial charge >= 0.3 is 0 Å². The summed E-state index contributed by atoms with van der Waals surface area (Å²) in [6.45, 7) is 1.08. The van der Waals surface area contributed by atoms with Gasteiger partial charge < -0.3 is 15.2 Å². The van der Waals surface area contributed by atoms with Crippen molar-refractivity contribution in [3.8, 4) is 0 Å². The molecule has 2 N–H and O–H groups in total. The molecule has 0 fully saturated rings. The number of aromatic nitrogens is 1. The molecule has 4 rings (SSSR count). The molecule has 1 aromatic heterocycles. The zero-order chi connectivity index (χ0) is 19.5. The lowest BCUT2D eigenvalue weighted by molar-refractivity contribution is -0.118. The minimum atomic E-state index is -0.346. The molecule has 2 amide bonds. The fourth-order valence-corrected chi connectivity index (χ4v) is 3.60. The zero-order valence-electron chi connectivity index (χ0n) is 15.4. The fourth-order valence-electron chi connectivity index (χ4n) is 3.60. The molecular weight excluding hydrogens is 354 g/mol. The number of anilines is 1. The van der Waals surface area contributed by atoms with Gasteiger partial charge in [-0.15, -0.1) is 0 Å². The first-order valence-electron chi connectivity index (χ1n) is 9.42. The van der Waals surface area contributed by atoms with Crippen molar-refractivity contribution in [3.63, 3.8) is 0 Å². The van der Waals surface area contributed by atoms with E-state index in [1.165, 1.54) is 5.56 Å². The third-order valence-corrected chi connectivity index (χ3v) is 5.04. The van der Waals surface area contributed by atoms with Crippen molar-refractivity contribution in [3.05, 3.63) is 76.2 Å². The van der Waals surface area contributed by atoms with Crippen LogP contribution in [-0.4, -0.2) is 29.9 Å². The zero-order valence-corrected chi connectivity index (χ0v) is 15.4. The number of nitrogens with zero attached hydrogens (tertiary/aromatic N) is 1. The molecule has 0 saturated heterocycles. The number of carbonyl (C=O) groups excluding carboxylic acids is 2. The lowest BCUT2D eigenvalue weighted by atomic mass is 10.1. The number of para-hydroxylation sites is 1. The van der Waals surface area contributed by atoms with Crippen molar-refractivity contribution in [1.82, 2.24) is 10.3 Å². The predicted molar refractivity (Wildman–Crippen MR) is 109 cm³/mol. The Morgan fingerprint density at radius 1 is 1.07 bits per heavy atom. The van der Waals surface area contributed by atoms with Crippen LogP contribution in [0.1, 0.15) is 28.9 Å². The van der Waals surface area contributed by atoms with Crippen LogP contribution in [-0.2, 0) is 11.2 Å². The quantitative estimate of drug-likeness (QED) is 0.673. The SMILES string of the molecule is O=C(NCCCC(=O)N1CCc2ccccc21)c1cc2ccccc2c(=O)[nH]1. The van der Waals surface area contributed by atoms with Gasteiger partial charge in [0, 0.05) is 30.6 Å². The first-order valence-corrected chi connectivity index (χ1v) is 9.42. The van der Waals surface area contributed by atoms with Crippen LogP contribution in [0.15, 0.2) is 59.4 Å². The van der Waals surface area contributed by atoms with E-state index >= 15 is 0 Å². The second-order valence-electron chi connectivity index (χ2n) is 6.88. The molecule has 6 nitrogen and oxygen atoms in total. The first kappa shape index (κ1) is 18.0. The lowest BCUT2D eigenvalue weighted by Crippen LogP contribution is -2.31. The Hall–Kier alpha value is -3.41. The Morgan fingerprint density at radius 3 is 2.75 bits per heavy atom. The van der Waals surface area contributed by atoms with Crippen LogP contribution >= 0.6 is 0 Å². The number of H-pyrrole nitrogens is 1. The van der Waals surface area contributed by atoms with E-state index in [4.69, 9.17) is 0 Å². The highest BCUT2D eigenvalue weighted by Crippen LogP contribution is 2.27. The molecule has 0 saturated carbocycles. The van der Waals surface area contributed by atoms with Gasteiger partial charge in [0.2, 0.25) is 5.91 Å². The molecule has 1 aliphatic rings. The van der Waals surface area contributed by atoms with Gasteiger partial charge in [0.1, 0.15) is 5.69 Å². The summed E-state index contributed by atoms with van der Waals surface area (Å²) in [4.78, 5) is 41.3. The van der Waals surface area contributed by atoms with E-state index in [1.807, 2.05) is 35.2 Å². The highest BCUT2D eigenvalue weighted by molar-refractivity contribution is 5.97. The Bertz CT molecular complexity index is 1100. The number of pyridine rings is 1. The average molecular weight is 375 g/mol. The van der Waals surface area contributed by atoms with Crippen LogP contribution in [0.4, 0.5) is 5.69 Å². The molecule has 0 spiro atoms. The van der Waals surface area contributed by atoms with Gasteiger partial charge in [0.25, 0.3) is 11.5 Å². The molecule has 3 aromatic rings. The maximum Gasteiger partial charge on any atom is 0.267 e. The van der Waals surface area contributed by atoms with E-state index in [9.17, 15) is 14.4 Å². The number of hydrogen-bond acceptors (Lipinski definition) is 3. The fraction of sp³-hybridized carbons (Fsp3) is 0.227. The summed E-state index contributed by atoms with van der Waals surface area (Å²) in [7, 11) is 0. The van der Waals surface area contributed by atoms with Crippen LogP contribution in [0.5, 0.6) is 0 Å². The summed E-state index contributed by atoms with van der Waals surface area (Å²) in [5.41, 5.74) is 2.13. The highest BCUT2D eigenvalue weighted by Gasteiger charge is 2.23. The van der Waals surface area contributed by atoms with Gasteiger partial charge in [-0.25, -0.2) is 0 Å². The largest absolute Gasteiger partial charge is 0.351 e. The van der Waals surface area contributed by atoms with Gasteiger partial charge in [0.15, 0.2) is 0 Å². The number of rotatable bonds is 5. The minimum Gasteiger partial charge on any atom is -0.351 e. The van der Waals surface area contributed by atoms with Crippen LogP contribution in [0, 0.1) is 0 Å². The Labute approximate surface area is 162 Å². The van der Waals surface area contributed by atoms with E-state index in [0.717, 1.165) is 17.5 Å². The molecule has 0 bridgehead atoms. The van der Waals surface area contributed by atoms with Gasteiger partial charge in [-0.1, -0.05) is 36.4 Å². The van der Waals surface area contributed by atoms with Crippen molar-refractivity contribution in [1.29, 1.82) is 0 Å². The normalized spacial score (nSPS) is 12.8. The molecule has 28 heavy (non-hydrogen) atoms. The minimum absolute atomic E-state index is 0.0679. The van der Waals surface area contributed by atoms with Crippen molar-refractivity contribution >= 4 is 28.3 Å². The van der Waals surface area contributed by atoms with Crippen molar-refractivity contribution < 1.29 is 9.59 Å². The molecule has 0 aliphatic carbocycles. The lowest BCUT2D eigenvalue weighted by Gasteiger charge is -2.17. The van der Waals surface area contributed by atoms with E-state index in [2.05, 4.69) is 10.3 Å². The van der Waals surface area contributed by atoms with Crippen LogP contribution in [0.3, 0.4) is 0 Å². The second kappa shape index (κ2) is 7.68. The smallest absolute Gasteiger partial charge is 0.267 e. The maximum absolute atomic E-state index is 12.5. The average Bonchev–Trinajstić information content (AvgIpc) is 3.15. The number of hydrogen-bond donors (Lipinski definition) is 2. The summed E-state index contributed by atoms with van der Waals surface area (Å²) in [6.07, 6.45) is 1.79. The number of aromatic amines is 1. The van der Waals surface area contributed by atoms with Gasteiger partial charge in [-0.3, -0.25) is 14.4 Å². The topological polar surface area (TPSA) is 82.3 Å². The van der Waals surface area contributed by atoms with Crippen LogP contribution < -0.4 is 15.8 Å². The second-order valence-corrected chi connectivity index (χ2v) is 6.88. The maximum atomic E-state index is 12.5. The molecule has 0 radical (unpaired) electrons. The number of benzene rings is 2. The molecule has 142 valence electrons. The van der Waals surface area contributed by atoms with Gasteiger partial charge in [-0.05, 0) is 42.0 Å². The molecule has 0 atom stereocenters. The Balaban J connectivity index is 1.32. The number of nitrogens with one attached hydrogen (secondary N) is 2. The number of carbonyl (C=O) groups is 2. The van der Waals surface area contributed by atoms with E-state index in [-0.39, 0.29) is 23.1 Å². The van der Waals surface area contributed by atoms with E-state index < -0.39 is 0 Å². The van der Waals surface area contributed by atoms with Gasteiger partial charge in [0.05, 0.1) is 0 Å². The molecular formula is C22H21N3O3. The monoisotopic (exact) mass is 375 g/mol. The summed E-state index contributed by atoms with van der Waals surface area (Å²) in [6, 6.07) is 16.7. The standard InChI is InChI=1S/C22H21N3O3/c26-20(25-13-11-15-6-2-4-9-19(15)25)10-5-12-23-22(28)18-14-16-7-1-3-8-17(16)21(27)24-18/h1-4,6-9,14H,5,10-13H2,(H,23,28)(H,24,27). The Kier molecular flexibility index (Phi) is 4.93. The summed E-state index contributed by atoms with van der Waals surface area (Å²) < 4.78 is 0. The molecule has 0 unspecified atom stereocenters. The third-order valence-electron chi connectivity index (χ3n) is 5.04. The van der Waals surface area contributed by atoms with Gasteiger partial charge in [-0.2, -0.15) is 0 Å². The number of fused-ring (bicyclic) bond motifs is 2. The molecule has 1 aliphatic heterocycles. The van der Waals surface area contributed by atoms with Crippen LogP contribution in [0.2, 0.25) is 0 Å². The summed E-state index contributed by atoms with van der Waals surface area (Å²) in [5, 5.41) is 4.05. The predicted octanol–water partition coefficient (Wildman–Crippen LogP) is 2.63. The molecule has 6 heteroatoms. The summed E-state index contributed by atoms with van der Waals surface area (Å²) in [5.74, 6) is -0.278. The van der Waals surface area contributed by atoms with Crippen molar-refractivity contribution in [2.75, 3.05) is 18.0 Å². The van der Waals surface area contributed by atoms with Crippen LogP contribution in [0.25, 0.3) is 10.8 Å². The summed E-state index contributed by atoms with van der Waals surface area (Å²) >= 11 is 0. The van der Waals surface area contributed by atoms with Crippen molar-refractivity contribution in [2.24, 2.45) is 0 Å². The highest BCUT2D eigenvalue weighted by atomic mass is 16.2.